The summed E-state index contributed by atoms with van der Waals surface area (Å²) in [5.41, 5.74) is 0. The second kappa shape index (κ2) is 12.8. The number of carbonyl (C=O) groups is 1. The van der Waals surface area contributed by atoms with Crippen molar-refractivity contribution in [1.82, 2.24) is 10.2 Å². The lowest BCUT2D eigenvalue weighted by Gasteiger charge is -2.33. The van der Waals surface area contributed by atoms with Crippen molar-refractivity contribution < 1.29 is 14.3 Å². The van der Waals surface area contributed by atoms with E-state index in [4.69, 9.17) is 9.47 Å². The minimum atomic E-state index is -0.0593. The molecule has 0 amide bonds. The second-order valence-corrected chi connectivity index (χ2v) is 5.76. The molecule has 0 radical (unpaired) electrons. The Morgan fingerprint density at radius 2 is 2.00 bits per heavy atom. The average molecular weight is 441 g/mol. The highest BCUT2D eigenvalue weighted by Gasteiger charge is 2.27. The van der Waals surface area contributed by atoms with Crippen molar-refractivity contribution in [1.29, 1.82) is 0 Å². The largest absolute Gasteiger partial charge is 0.466 e. The van der Waals surface area contributed by atoms with Crippen LogP contribution in [0.25, 0.3) is 0 Å². The summed E-state index contributed by atoms with van der Waals surface area (Å²) >= 11 is 0. The zero-order valence-electron chi connectivity index (χ0n) is 14.8. The minimum Gasteiger partial charge on any atom is -0.466 e. The number of piperidine rings is 1. The second-order valence-electron chi connectivity index (χ2n) is 5.76. The molecule has 0 aliphatic carbocycles. The van der Waals surface area contributed by atoms with Gasteiger partial charge in [0, 0.05) is 33.3 Å². The van der Waals surface area contributed by atoms with Crippen LogP contribution in [-0.4, -0.2) is 62.8 Å². The molecule has 1 aliphatic rings. The Morgan fingerprint density at radius 3 is 2.52 bits per heavy atom. The minimum absolute atomic E-state index is 0. The van der Waals surface area contributed by atoms with Crippen molar-refractivity contribution in [2.45, 2.75) is 46.1 Å². The number of esters is 1. The number of halogens is 1. The number of guanidine groups is 1. The van der Waals surface area contributed by atoms with Gasteiger partial charge in [-0.15, -0.1) is 24.0 Å². The van der Waals surface area contributed by atoms with Crippen LogP contribution in [0.3, 0.4) is 0 Å². The lowest BCUT2D eigenvalue weighted by atomic mass is 9.97. The molecule has 7 heteroatoms. The van der Waals surface area contributed by atoms with E-state index in [1.54, 1.807) is 7.05 Å². The van der Waals surface area contributed by atoms with E-state index < -0.39 is 0 Å². The highest BCUT2D eigenvalue weighted by atomic mass is 127. The third-order valence-electron chi connectivity index (χ3n) is 3.68. The van der Waals surface area contributed by atoms with Crippen LogP contribution < -0.4 is 5.32 Å². The number of likely N-dealkylation sites (tertiary alicyclic amines) is 1. The van der Waals surface area contributed by atoms with Crippen LogP contribution >= 0.6 is 24.0 Å². The molecule has 0 aromatic heterocycles. The van der Waals surface area contributed by atoms with Crippen molar-refractivity contribution >= 4 is 35.9 Å². The molecule has 136 valence electrons. The summed E-state index contributed by atoms with van der Waals surface area (Å²) < 4.78 is 10.6. The zero-order valence-corrected chi connectivity index (χ0v) is 17.2. The number of nitrogens with one attached hydrogen (secondary N) is 1. The van der Waals surface area contributed by atoms with Crippen LogP contribution in [0.4, 0.5) is 0 Å². The first-order valence-electron chi connectivity index (χ1n) is 8.32. The summed E-state index contributed by atoms with van der Waals surface area (Å²) in [6.45, 7) is 9.67. The average Bonchev–Trinajstić information content (AvgIpc) is 2.51. The Balaban J connectivity index is 0.00000484. The van der Waals surface area contributed by atoms with Gasteiger partial charge in [-0.3, -0.25) is 9.79 Å². The molecule has 1 aliphatic heterocycles. The van der Waals surface area contributed by atoms with Gasteiger partial charge in [0.1, 0.15) is 0 Å². The van der Waals surface area contributed by atoms with Crippen LogP contribution in [0.15, 0.2) is 4.99 Å². The Morgan fingerprint density at radius 1 is 1.35 bits per heavy atom. The molecular weight excluding hydrogens is 409 g/mol. The van der Waals surface area contributed by atoms with E-state index in [-0.39, 0.29) is 42.0 Å². The van der Waals surface area contributed by atoms with Gasteiger partial charge >= 0.3 is 5.97 Å². The maximum Gasteiger partial charge on any atom is 0.309 e. The van der Waals surface area contributed by atoms with Gasteiger partial charge < -0.3 is 19.7 Å². The molecule has 1 saturated heterocycles. The summed E-state index contributed by atoms with van der Waals surface area (Å²) in [5.74, 6) is 0.886. The maximum atomic E-state index is 11.7. The third kappa shape index (κ3) is 8.74. The van der Waals surface area contributed by atoms with Gasteiger partial charge in [0.2, 0.25) is 0 Å². The summed E-state index contributed by atoms with van der Waals surface area (Å²) in [6.07, 6.45) is 2.89. The topological polar surface area (TPSA) is 63.2 Å². The standard InChI is InChI=1S/C16H31N3O3.HI/c1-5-21-15(20)14-7-10-19(11-8-14)16(17-4)18-9-6-12-22-13(2)3;/h13-14H,5-12H2,1-4H3,(H,17,18);1H. The van der Waals surface area contributed by atoms with Crippen LogP contribution in [0.1, 0.15) is 40.0 Å². The Hall–Kier alpha value is -0.570. The molecule has 6 nitrogen and oxygen atoms in total. The fraction of sp³-hybridized carbons (Fsp3) is 0.875. The first-order valence-corrected chi connectivity index (χ1v) is 8.32. The van der Waals surface area contributed by atoms with E-state index in [0.29, 0.717) is 6.61 Å². The van der Waals surface area contributed by atoms with E-state index in [1.807, 2.05) is 20.8 Å². The van der Waals surface area contributed by atoms with Gasteiger partial charge in [0.25, 0.3) is 0 Å². The van der Waals surface area contributed by atoms with Crippen molar-refractivity contribution in [2.24, 2.45) is 10.9 Å². The van der Waals surface area contributed by atoms with Crippen molar-refractivity contribution in [3.05, 3.63) is 0 Å². The predicted molar refractivity (Wildman–Crippen MR) is 103 cm³/mol. The molecule has 0 bridgehead atoms. The highest BCUT2D eigenvalue weighted by Crippen LogP contribution is 2.18. The first-order chi connectivity index (χ1) is 10.6. The molecule has 1 rings (SSSR count). The lowest BCUT2D eigenvalue weighted by molar-refractivity contribution is -0.149. The predicted octanol–water partition coefficient (Wildman–Crippen LogP) is 2.27. The Kier molecular flexibility index (Phi) is 12.5. The van der Waals surface area contributed by atoms with Crippen molar-refractivity contribution in [3.63, 3.8) is 0 Å². The first kappa shape index (κ1) is 22.4. The number of aliphatic imine (C=N–C) groups is 1. The highest BCUT2D eigenvalue weighted by molar-refractivity contribution is 14.0. The van der Waals surface area contributed by atoms with Gasteiger partial charge in [0.15, 0.2) is 5.96 Å². The summed E-state index contributed by atoms with van der Waals surface area (Å²) in [7, 11) is 1.80. The third-order valence-corrected chi connectivity index (χ3v) is 3.68. The summed E-state index contributed by atoms with van der Waals surface area (Å²) in [4.78, 5) is 18.3. The Bertz CT molecular complexity index is 356. The summed E-state index contributed by atoms with van der Waals surface area (Å²) in [6, 6.07) is 0. The van der Waals surface area contributed by atoms with Crippen LogP contribution in [0, 0.1) is 5.92 Å². The van der Waals surface area contributed by atoms with E-state index in [2.05, 4.69) is 15.2 Å². The molecule has 1 N–H and O–H groups in total. The summed E-state index contributed by atoms with van der Waals surface area (Å²) in [5, 5.41) is 3.36. The van der Waals surface area contributed by atoms with E-state index in [0.717, 1.165) is 51.5 Å². The molecule has 0 atom stereocenters. The smallest absolute Gasteiger partial charge is 0.309 e. The van der Waals surface area contributed by atoms with Crippen LogP contribution in [0.2, 0.25) is 0 Å². The van der Waals surface area contributed by atoms with Crippen LogP contribution in [-0.2, 0) is 14.3 Å². The SMILES string of the molecule is CCOC(=O)C1CCN(C(=NC)NCCCOC(C)C)CC1.I. The van der Waals surface area contributed by atoms with Crippen molar-refractivity contribution in [2.75, 3.05) is 39.9 Å². The van der Waals surface area contributed by atoms with Gasteiger partial charge in [-0.05, 0) is 40.0 Å². The number of hydrogen-bond donors (Lipinski definition) is 1. The number of nitrogens with zero attached hydrogens (tertiary/aromatic N) is 2. The Labute approximate surface area is 157 Å². The molecule has 0 aromatic rings. The number of rotatable bonds is 7. The van der Waals surface area contributed by atoms with E-state index in [9.17, 15) is 4.79 Å². The monoisotopic (exact) mass is 441 g/mol. The lowest BCUT2D eigenvalue weighted by Crippen LogP contribution is -2.47. The molecule has 0 spiro atoms. The molecule has 1 heterocycles. The number of carbonyl (C=O) groups excluding carboxylic acids is 1. The normalized spacial score (nSPS) is 16.2. The van der Waals surface area contributed by atoms with Crippen molar-refractivity contribution in [3.8, 4) is 0 Å². The molecular formula is C16H32IN3O3. The maximum absolute atomic E-state index is 11.7. The van der Waals surface area contributed by atoms with Gasteiger partial charge in [-0.1, -0.05) is 0 Å². The number of hydrogen-bond acceptors (Lipinski definition) is 4. The van der Waals surface area contributed by atoms with Crippen LogP contribution in [0.5, 0.6) is 0 Å². The quantitative estimate of drug-likeness (QED) is 0.216. The van der Waals surface area contributed by atoms with E-state index in [1.165, 1.54) is 0 Å². The fourth-order valence-electron chi connectivity index (χ4n) is 2.51. The molecule has 0 aromatic carbocycles. The van der Waals surface area contributed by atoms with E-state index >= 15 is 0 Å². The number of ether oxygens (including phenoxy) is 2. The molecule has 0 unspecified atom stereocenters. The van der Waals surface area contributed by atoms with Gasteiger partial charge in [-0.25, -0.2) is 0 Å². The molecule has 0 saturated carbocycles. The molecule has 1 fully saturated rings. The van der Waals surface area contributed by atoms with Gasteiger partial charge in [0.05, 0.1) is 18.6 Å². The fourth-order valence-corrected chi connectivity index (χ4v) is 2.51. The van der Waals surface area contributed by atoms with Gasteiger partial charge in [-0.2, -0.15) is 0 Å². The zero-order chi connectivity index (χ0) is 16.4. The molecule has 23 heavy (non-hydrogen) atoms.